The van der Waals surface area contributed by atoms with Crippen molar-refractivity contribution in [3.63, 3.8) is 0 Å². The first kappa shape index (κ1) is 13.0. The minimum atomic E-state index is -2.18. The molecule has 0 aliphatic carbocycles. The minimum absolute atomic E-state index is 0.0278. The first-order valence-electron chi connectivity index (χ1n) is 4.32. The van der Waals surface area contributed by atoms with Gasteiger partial charge in [0.05, 0.1) is 25.2 Å². The number of alkyl halides is 2. The fourth-order valence-corrected chi connectivity index (χ4v) is 1.43. The van der Waals surface area contributed by atoms with Crippen LogP contribution in [0.3, 0.4) is 0 Å². The van der Waals surface area contributed by atoms with Crippen LogP contribution in [0.15, 0.2) is 0 Å². The van der Waals surface area contributed by atoms with Gasteiger partial charge in [0, 0.05) is 0 Å². The van der Waals surface area contributed by atoms with Crippen molar-refractivity contribution in [2.45, 2.75) is 25.8 Å². The summed E-state index contributed by atoms with van der Waals surface area (Å²) in [6.07, 6.45) is 3.04. The number of rotatable bonds is 1. The number of hydrogen-bond donors (Lipinski definition) is 0. The summed E-state index contributed by atoms with van der Waals surface area (Å²) in [5.41, 5.74) is 0. The molecule has 0 unspecified atom stereocenters. The highest BCUT2D eigenvalue weighted by molar-refractivity contribution is 4.49. The van der Waals surface area contributed by atoms with E-state index in [1.165, 1.54) is 0 Å². The second-order valence-electron chi connectivity index (χ2n) is 3.49. The van der Waals surface area contributed by atoms with E-state index < -0.39 is 11.6 Å². The molecule has 84 valence electrons. The van der Waals surface area contributed by atoms with Crippen molar-refractivity contribution >= 4 is 0 Å². The van der Waals surface area contributed by atoms with Crippen LogP contribution in [0.5, 0.6) is 0 Å². The van der Waals surface area contributed by atoms with Gasteiger partial charge in [0.2, 0.25) is 0 Å². The predicted octanol–water partition coefficient (Wildman–Crippen LogP) is 1.60. The van der Waals surface area contributed by atoms with Crippen molar-refractivity contribution < 1.29 is 18.4 Å². The standard InChI is InChI=1S/C7H14F2N.NO3/c1-10(7(8)9)5-3-2-4-6-10;2-1(3)4/h7H,2-6H2,1H3;/q+1;-1. The topological polar surface area (TPSA) is 66.2 Å². The Labute approximate surface area is 80.6 Å². The van der Waals surface area contributed by atoms with Gasteiger partial charge in [-0.05, 0) is 19.3 Å². The molecule has 0 amide bonds. The zero-order valence-electron chi connectivity index (χ0n) is 7.99. The average molecular weight is 212 g/mol. The van der Waals surface area contributed by atoms with Gasteiger partial charge < -0.3 is 15.3 Å². The molecular weight excluding hydrogens is 198 g/mol. The second kappa shape index (κ2) is 5.69. The highest BCUT2D eigenvalue weighted by Gasteiger charge is 2.33. The lowest BCUT2D eigenvalue weighted by atomic mass is 10.1. The van der Waals surface area contributed by atoms with Gasteiger partial charge in [-0.25, -0.2) is 0 Å². The molecule has 0 saturated carbocycles. The predicted molar refractivity (Wildman–Crippen MR) is 46.1 cm³/mol. The van der Waals surface area contributed by atoms with E-state index in [1.807, 2.05) is 0 Å². The number of halogens is 2. The molecule has 0 aromatic rings. The number of nitrogens with zero attached hydrogens (tertiary/aromatic N) is 2. The van der Waals surface area contributed by atoms with Crippen molar-refractivity contribution in [1.82, 2.24) is 0 Å². The van der Waals surface area contributed by atoms with Crippen LogP contribution in [-0.4, -0.2) is 36.3 Å². The second-order valence-corrected chi connectivity index (χ2v) is 3.49. The molecule has 1 aliphatic heterocycles. The van der Waals surface area contributed by atoms with Crippen LogP contribution in [0.25, 0.3) is 0 Å². The van der Waals surface area contributed by atoms with Crippen molar-refractivity contribution in [3.8, 4) is 0 Å². The molecule has 1 aliphatic rings. The van der Waals surface area contributed by atoms with E-state index in [0.29, 0.717) is 13.1 Å². The zero-order valence-corrected chi connectivity index (χ0v) is 7.99. The quantitative estimate of drug-likeness (QED) is 0.287. The summed E-state index contributed by atoms with van der Waals surface area (Å²) in [5, 5.41) is 14.8. The van der Waals surface area contributed by atoms with Crippen LogP contribution in [0.4, 0.5) is 8.78 Å². The van der Waals surface area contributed by atoms with Gasteiger partial charge in [-0.2, -0.15) is 8.78 Å². The van der Waals surface area contributed by atoms with Gasteiger partial charge in [0.1, 0.15) is 0 Å². The number of likely N-dealkylation sites (tertiary alicyclic amines) is 1. The Morgan fingerprint density at radius 2 is 1.57 bits per heavy atom. The van der Waals surface area contributed by atoms with Crippen LogP contribution >= 0.6 is 0 Å². The van der Waals surface area contributed by atoms with Crippen molar-refractivity contribution in [2.24, 2.45) is 0 Å². The number of piperidine rings is 1. The van der Waals surface area contributed by atoms with E-state index in [-0.39, 0.29) is 4.48 Å². The summed E-state index contributed by atoms with van der Waals surface area (Å²) in [4.78, 5) is 8.25. The summed E-state index contributed by atoms with van der Waals surface area (Å²) < 4.78 is 24.5. The molecule has 0 aromatic carbocycles. The summed E-state index contributed by atoms with van der Waals surface area (Å²) in [7, 11) is 1.64. The van der Waals surface area contributed by atoms with E-state index in [0.717, 1.165) is 19.3 Å². The van der Waals surface area contributed by atoms with Crippen LogP contribution in [0.1, 0.15) is 19.3 Å². The van der Waals surface area contributed by atoms with E-state index in [9.17, 15) is 8.78 Å². The first-order chi connectivity index (χ1) is 6.38. The maximum atomic E-state index is 12.3. The molecule has 1 heterocycles. The SMILES string of the molecule is C[N+]1(C(F)F)CCCCC1.O=[N+]([O-])[O-]. The largest absolute Gasteiger partial charge is 0.380 e. The van der Waals surface area contributed by atoms with Crippen molar-refractivity contribution in [1.29, 1.82) is 0 Å². The molecule has 1 fully saturated rings. The normalized spacial score (nSPS) is 19.7. The molecule has 1 saturated heterocycles. The van der Waals surface area contributed by atoms with Crippen LogP contribution in [0, 0.1) is 15.3 Å². The molecule has 1 rings (SSSR count). The van der Waals surface area contributed by atoms with E-state index in [2.05, 4.69) is 0 Å². The van der Waals surface area contributed by atoms with Crippen LogP contribution in [-0.2, 0) is 0 Å². The zero-order chi connectivity index (χ0) is 11.2. The van der Waals surface area contributed by atoms with E-state index >= 15 is 0 Å². The highest BCUT2D eigenvalue weighted by Crippen LogP contribution is 2.21. The average Bonchev–Trinajstić information content (AvgIpc) is 2.04. The first-order valence-corrected chi connectivity index (χ1v) is 4.32. The van der Waals surface area contributed by atoms with Gasteiger partial charge in [-0.1, -0.05) is 0 Å². The Hall–Kier alpha value is -0.980. The third-order valence-electron chi connectivity index (χ3n) is 2.31. The summed E-state index contributed by atoms with van der Waals surface area (Å²) in [5.74, 6) is 0. The molecule has 5 nitrogen and oxygen atoms in total. The molecule has 14 heavy (non-hydrogen) atoms. The lowest BCUT2D eigenvalue weighted by Gasteiger charge is -2.36. The Kier molecular flexibility index (Phi) is 5.29. The number of quaternary nitrogens is 1. The maximum absolute atomic E-state index is 12.3. The van der Waals surface area contributed by atoms with E-state index in [4.69, 9.17) is 15.3 Å². The Balaban J connectivity index is 0.000000364. The molecule has 0 N–H and O–H groups in total. The van der Waals surface area contributed by atoms with Gasteiger partial charge in [0.15, 0.2) is 0 Å². The third kappa shape index (κ3) is 4.90. The molecule has 0 bridgehead atoms. The smallest absolute Gasteiger partial charge is 0.356 e. The van der Waals surface area contributed by atoms with Gasteiger partial charge in [-0.3, -0.25) is 4.48 Å². The Morgan fingerprint density at radius 3 is 1.79 bits per heavy atom. The Morgan fingerprint density at radius 1 is 1.21 bits per heavy atom. The summed E-state index contributed by atoms with van der Waals surface area (Å²) in [6, 6.07) is 0. The lowest BCUT2D eigenvalue weighted by Crippen LogP contribution is -2.51. The van der Waals surface area contributed by atoms with Crippen molar-refractivity contribution in [3.05, 3.63) is 15.3 Å². The van der Waals surface area contributed by atoms with E-state index in [1.54, 1.807) is 7.05 Å². The molecule has 0 atom stereocenters. The summed E-state index contributed by atoms with van der Waals surface area (Å²) in [6.45, 7) is -0.879. The number of hydrogen-bond acceptors (Lipinski definition) is 3. The molecule has 0 spiro atoms. The molecule has 0 aromatic heterocycles. The maximum Gasteiger partial charge on any atom is 0.380 e. The van der Waals surface area contributed by atoms with Gasteiger partial charge in [-0.15, -0.1) is 0 Å². The van der Waals surface area contributed by atoms with Gasteiger partial charge in [0.25, 0.3) is 0 Å². The fraction of sp³-hybridized carbons (Fsp3) is 1.00. The minimum Gasteiger partial charge on any atom is -0.356 e. The Bertz CT molecular complexity index is 180. The molecule has 0 radical (unpaired) electrons. The monoisotopic (exact) mass is 212 g/mol. The van der Waals surface area contributed by atoms with Crippen LogP contribution in [0.2, 0.25) is 0 Å². The summed E-state index contributed by atoms with van der Waals surface area (Å²) >= 11 is 0. The van der Waals surface area contributed by atoms with Gasteiger partial charge >= 0.3 is 6.55 Å². The van der Waals surface area contributed by atoms with Crippen molar-refractivity contribution in [2.75, 3.05) is 20.1 Å². The third-order valence-corrected chi connectivity index (χ3v) is 2.31. The molecular formula is C7H14F2N2O3. The lowest BCUT2D eigenvalue weighted by molar-refractivity contribution is -0.966. The fourth-order valence-electron chi connectivity index (χ4n) is 1.43. The highest BCUT2D eigenvalue weighted by atomic mass is 19.3. The molecule has 7 heteroatoms. The van der Waals surface area contributed by atoms with Crippen LogP contribution < -0.4 is 0 Å².